The summed E-state index contributed by atoms with van der Waals surface area (Å²) < 4.78 is 5.60. The van der Waals surface area contributed by atoms with Gasteiger partial charge in [-0.15, -0.1) is 0 Å². The van der Waals surface area contributed by atoms with E-state index in [9.17, 15) is 14.7 Å². The lowest BCUT2D eigenvalue weighted by Gasteiger charge is -2.35. The molecular weight excluding hydrogens is 366 g/mol. The standard InChI is InChI=1S/C24H25NO4/c1-24(2,3)14-10-12-15(13-11-14)29-23(28)19-9-5-7-17-16-6-4-8-18(16)21(22(26)27)25-20(17)19/h4-7,9-13,16,18,21,25H,8H2,1-3H3,(H,26,27). The molecular formula is C24H25NO4. The average Bonchev–Trinajstić information content (AvgIpc) is 3.16. The molecule has 5 heteroatoms. The Morgan fingerprint density at radius 3 is 2.48 bits per heavy atom. The number of ether oxygens (including phenoxy) is 1. The van der Waals surface area contributed by atoms with Crippen molar-refractivity contribution in [1.82, 2.24) is 0 Å². The van der Waals surface area contributed by atoms with Crippen molar-refractivity contribution in [3.05, 3.63) is 71.3 Å². The number of rotatable bonds is 3. The van der Waals surface area contributed by atoms with Gasteiger partial charge in [-0.05, 0) is 41.2 Å². The highest BCUT2D eigenvalue weighted by molar-refractivity contribution is 5.99. The number of fused-ring (bicyclic) bond motifs is 3. The molecule has 0 aromatic heterocycles. The SMILES string of the molecule is CC(C)(C)c1ccc(OC(=O)c2cccc3c2NC(C(=O)O)C2CC=CC32)cc1. The Morgan fingerprint density at radius 1 is 1.10 bits per heavy atom. The van der Waals surface area contributed by atoms with E-state index in [1.54, 1.807) is 18.2 Å². The number of hydrogen-bond donors (Lipinski definition) is 2. The predicted molar refractivity (Wildman–Crippen MR) is 112 cm³/mol. The molecule has 0 fully saturated rings. The molecule has 2 aromatic rings. The largest absolute Gasteiger partial charge is 0.480 e. The highest BCUT2D eigenvalue weighted by atomic mass is 16.5. The van der Waals surface area contributed by atoms with Crippen LogP contribution in [-0.2, 0) is 10.2 Å². The summed E-state index contributed by atoms with van der Waals surface area (Å²) in [5.74, 6) is -0.995. The van der Waals surface area contributed by atoms with Gasteiger partial charge in [-0.3, -0.25) is 0 Å². The Kier molecular flexibility index (Phi) is 4.69. The number of carbonyl (C=O) groups excluding carboxylic acids is 1. The number of allylic oxidation sites excluding steroid dienone is 2. The minimum Gasteiger partial charge on any atom is -0.480 e. The Morgan fingerprint density at radius 2 is 1.83 bits per heavy atom. The van der Waals surface area contributed by atoms with Crippen LogP contribution >= 0.6 is 0 Å². The van der Waals surface area contributed by atoms with Crippen molar-refractivity contribution in [2.24, 2.45) is 5.92 Å². The van der Waals surface area contributed by atoms with Gasteiger partial charge in [0.25, 0.3) is 0 Å². The fourth-order valence-electron chi connectivity index (χ4n) is 4.22. The third kappa shape index (κ3) is 3.53. The maximum Gasteiger partial charge on any atom is 0.345 e. The van der Waals surface area contributed by atoms with Crippen LogP contribution < -0.4 is 10.1 Å². The maximum absolute atomic E-state index is 12.9. The van der Waals surface area contributed by atoms with Gasteiger partial charge in [0.1, 0.15) is 11.8 Å². The first-order valence-electron chi connectivity index (χ1n) is 9.87. The summed E-state index contributed by atoms with van der Waals surface area (Å²) in [5.41, 5.74) is 3.02. The number of para-hydroxylation sites is 1. The molecule has 0 saturated carbocycles. The van der Waals surface area contributed by atoms with Gasteiger partial charge in [-0.2, -0.15) is 0 Å². The lowest BCUT2D eigenvalue weighted by molar-refractivity contribution is -0.139. The number of esters is 1. The maximum atomic E-state index is 12.9. The zero-order valence-corrected chi connectivity index (χ0v) is 16.8. The van der Waals surface area contributed by atoms with Gasteiger partial charge in [0.2, 0.25) is 0 Å². The van der Waals surface area contributed by atoms with Crippen molar-refractivity contribution in [1.29, 1.82) is 0 Å². The van der Waals surface area contributed by atoms with E-state index in [0.717, 1.165) is 11.1 Å². The highest BCUT2D eigenvalue weighted by Crippen LogP contribution is 2.45. The first-order valence-corrected chi connectivity index (χ1v) is 9.87. The smallest absolute Gasteiger partial charge is 0.345 e. The quantitative estimate of drug-likeness (QED) is 0.449. The third-order valence-electron chi connectivity index (χ3n) is 5.81. The molecule has 4 rings (SSSR count). The van der Waals surface area contributed by atoms with E-state index >= 15 is 0 Å². The van der Waals surface area contributed by atoms with Crippen LogP contribution in [0.5, 0.6) is 5.75 Å². The lowest BCUT2D eigenvalue weighted by atomic mass is 9.78. The van der Waals surface area contributed by atoms with Crippen molar-refractivity contribution in [2.45, 2.75) is 44.6 Å². The Bertz CT molecular complexity index is 985. The molecule has 1 aliphatic heterocycles. The molecule has 0 spiro atoms. The second-order valence-corrected chi connectivity index (χ2v) is 8.75. The Hall–Kier alpha value is -3.08. The van der Waals surface area contributed by atoms with Crippen LogP contribution in [0.3, 0.4) is 0 Å². The van der Waals surface area contributed by atoms with Crippen LogP contribution in [0.4, 0.5) is 5.69 Å². The summed E-state index contributed by atoms with van der Waals surface area (Å²) in [6.45, 7) is 6.37. The molecule has 2 aliphatic rings. The molecule has 0 bridgehead atoms. The summed E-state index contributed by atoms with van der Waals surface area (Å²) in [6, 6.07) is 12.2. The molecule has 2 N–H and O–H groups in total. The summed E-state index contributed by atoms with van der Waals surface area (Å²) in [7, 11) is 0. The number of carboxylic acid groups (broad SMARTS) is 1. The Balaban J connectivity index is 1.63. The number of benzene rings is 2. The fourth-order valence-corrected chi connectivity index (χ4v) is 4.22. The van der Waals surface area contributed by atoms with Crippen molar-refractivity contribution < 1.29 is 19.4 Å². The van der Waals surface area contributed by atoms with Crippen molar-refractivity contribution >= 4 is 17.6 Å². The average molecular weight is 391 g/mol. The summed E-state index contributed by atoms with van der Waals surface area (Å²) >= 11 is 0. The summed E-state index contributed by atoms with van der Waals surface area (Å²) in [5, 5.41) is 12.8. The topological polar surface area (TPSA) is 75.6 Å². The molecule has 3 unspecified atom stereocenters. The Labute approximate surface area is 170 Å². The predicted octanol–water partition coefficient (Wildman–Crippen LogP) is 4.74. The van der Waals surface area contributed by atoms with E-state index in [4.69, 9.17) is 4.74 Å². The molecule has 29 heavy (non-hydrogen) atoms. The van der Waals surface area contributed by atoms with Crippen molar-refractivity contribution in [2.75, 3.05) is 5.32 Å². The molecule has 2 aromatic carbocycles. The van der Waals surface area contributed by atoms with E-state index in [1.165, 1.54) is 0 Å². The number of aliphatic carboxylic acids is 1. The second kappa shape index (κ2) is 7.07. The van der Waals surface area contributed by atoms with E-state index in [-0.39, 0.29) is 17.3 Å². The molecule has 0 saturated heterocycles. The zero-order valence-electron chi connectivity index (χ0n) is 16.8. The van der Waals surface area contributed by atoms with Crippen LogP contribution in [0, 0.1) is 5.92 Å². The van der Waals surface area contributed by atoms with Gasteiger partial charge in [-0.25, -0.2) is 9.59 Å². The van der Waals surface area contributed by atoms with Crippen molar-refractivity contribution in [3.63, 3.8) is 0 Å². The molecule has 0 radical (unpaired) electrons. The van der Waals surface area contributed by atoms with Gasteiger partial charge in [-0.1, -0.05) is 57.2 Å². The van der Waals surface area contributed by atoms with Gasteiger partial charge in [0.05, 0.1) is 11.3 Å². The highest BCUT2D eigenvalue weighted by Gasteiger charge is 2.42. The van der Waals surface area contributed by atoms with Gasteiger partial charge in [0.15, 0.2) is 0 Å². The van der Waals surface area contributed by atoms with Gasteiger partial charge >= 0.3 is 11.9 Å². The first kappa shape index (κ1) is 19.2. The fraction of sp³-hybridized carbons (Fsp3) is 0.333. The number of nitrogens with one attached hydrogen (secondary N) is 1. The van der Waals surface area contributed by atoms with E-state index < -0.39 is 18.0 Å². The number of carboxylic acids is 1. The molecule has 3 atom stereocenters. The molecule has 5 nitrogen and oxygen atoms in total. The lowest BCUT2D eigenvalue weighted by Crippen LogP contribution is -2.42. The second-order valence-electron chi connectivity index (χ2n) is 8.75. The zero-order chi connectivity index (χ0) is 20.8. The van der Waals surface area contributed by atoms with E-state index in [1.807, 2.05) is 36.4 Å². The van der Waals surface area contributed by atoms with Crippen LogP contribution in [-0.4, -0.2) is 23.1 Å². The van der Waals surface area contributed by atoms with E-state index in [0.29, 0.717) is 23.4 Å². The van der Waals surface area contributed by atoms with Crippen molar-refractivity contribution in [3.8, 4) is 5.75 Å². The minimum atomic E-state index is -0.907. The third-order valence-corrected chi connectivity index (χ3v) is 5.81. The van der Waals surface area contributed by atoms with Gasteiger partial charge in [0, 0.05) is 11.8 Å². The molecule has 1 heterocycles. The van der Waals surface area contributed by atoms with E-state index in [2.05, 4.69) is 26.1 Å². The number of anilines is 1. The van der Waals surface area contributed by atoms with Crippen LogP contribution in [0.15, 0.2) is 54.6 Å². The molecule has 1 aliphatic carbocycles. The number of hydrogen-bond acceptors (Lipinski definition) is 4. The minimum absolute atomic E-state index is 0.00818. The monoisotopic (exact) mass is 391 g/mol. The van der Waals surface area contributed by atoms with Gasteiger partial charge < -0.3 is 15.2 Å². The summed E-state index contributed by atoms with van der Waals surface area (Å²) in [4.78, 5) is 24.7. The normalized spacial score (nSPS) is 22.4. The first-order chi connectivity index (χ1) is 13.8. The van der Waals surface area contributed by atoms with Crippen LogP contribution in [0.2, 0.25) is 0 Å². The summed E-state index contributed by atoms with van der Waals surface area (Å²) in [6.07, 6.45) is 4.77. The number of carbonyl (C=O) groups is 2. The molecule has 150 valence electrons. The molecule has 0 amide bonds. The van der Waals surface area contributed by atoms with Crippen LogP contribution in [0.1, 0.15) is 54.6 Å². The van der Waals surface area contributed by atoms with Crippen LogP contribution in [0.25, 0.3) is 0 Å².